The van der Waals surface area contributed by atoms with E-state index in [1.165, 1.54) is 0 Å². The number of hydrogen-bond acceptors (Lipinski definition) is 2. The molecule has 0 spiro atoms. The van der Waals surface area contributed by atoms with Crippen molar-refractivity contribution < 1.29 is 4.79 Å². The fourth-order valence-corrected chi connectivity index (χ4v) is 2.17. The molecule has 0 fully saturated rings. The van der Waals surface area contributed by atoms with Crippen molar-refractivity contribution in [1.29, 1.82) is 0 Å². The molecule has 3 nitrogen and oxygen atoms in total. The molecule has 0 N–H and O–H groups in total. The van der Waals surface area contributed by atoms with Gasteiger partial charge in [-0.15, -0.1) is 0 Å². The van der Waals surface area contributed by atoms with Gasteiger partial charge in [0.2, 0.25) is 0 Å². The van der Waals surface area contributed by atoms with Crippen LogP contribution in [-0.4, -0.2) is 15.5 Å². The molecule has 1 heterocycles. The third-order valence-electron chi connectivity index (χ3n) is 3.19. The van der Waals surface area contributed by atoms with E-state index < -0.39 is 0 Å². The van der Waals surface area contributed by atoms with Crippen LogP contribution in [0.4, 0.5) is 0 Å². The van der Waals surface area contributed by atoms with Gasteiger partial charge in [-0.2, -0.15) is 0 Å². The summed E-state index contributed by atoms with van der Waals surface area (Å²) in [5, 5.41) is 0. The number of aromatic nitrogens is 2. The van der Waals surface area contributed by atoms with E-state index in [-0.39, 0.29) is 5.91 Å². The van der Waals surface area contributed by atoms with Gasteiger partial charge in [-0.3, -0.25) is 9.36 Å². The molecule has 20 heavy (non-hydrogen) atoms. The minimum absolute atomic E-state index is 0.0532. The zero-order valence-corrected chi connectivity index (χ0v) is 11.2. The second-order valence-corrected chi connectivity index (χ2v) is 4.65. The van der Waals surface area contributed by atoms with Gasteiger partial charge in [-0.1, -0.05) is 42.5 Å². The standard InChI is InChI=1S/C17H14N2O/c1-13(11-14-7-3-2-4-8-14)17(20)19-12-18-15-9-5-6-10-16(15)19/h2-12H,1H3/b13-11+. The van der Waals surface area contributed by atoms with Crippen LogP contribution < -0.4 is 0 Å². The van der Waals surface area contributed by atoms with Crippen molar-refractivity contribution in [1.82, 2.24) is 9.55 Å². The van der Waals surface area contributed by atoms with Crippen LogP contribution in [0, 0.1) is 0 Å². The molecule has 3 rings (SSSR count). The molecule has 0 aliphatic heterocycles. The Morgan fingerprint density at radius 1 is 1.05 bits per heavy atom. The first-order valence-electron chi connectivity index (χ1n) is 6.46. The second kappa shape index (κ2) is 5.13. The molecule has 2 aromatic carbocycles. The number of carbonyl (C=O) groups is 1. The third kappa shape index (κ3) is 2.26. The lowest BCUT2D eigenvalue weighted by molar-refractivity contribution is 0.0961. The topological polar surface area (TPSA) is 34.9 Å². The maximum absolute atomic E-state index is 12.5. The summed E-state index contributed by atoms with van der Waals surface area (Å²) in [7, 11) is 0. The maximum atomic E-state index is 12.5. The van der Waals surface area contributed by atoms with Crippen LogP contribution >= 0.6 is 0 Å². The van der Waals surface area contributed by atoms with Crippen molar-refractivity contribution in [2.24, 2.45) is 0 Å². The summed E-state index contributed by atoms with van der Waals surface area (Å²) in [5.74, 6) is -0.0532. The number of nitrogens with zero attached hydrogens (tertiary/aromatic N) is 2. The Hall–Kier alpha value is -2.68. The predicted octanol–water partition coefficient (Wildman–Crippen LogP) is 3.78. The number of rotatable bonds is 2. The number of hydrogen-bond donors (Lipinski definition) is 0. The van der Waals surface area contributed by atoms with Gasteiger partial charge in [-0.25, -0.2) is 4.98 Å². The molecule has 0 bridgehead atoms. The fraction of sp³-hybridized carbons (Fsp3) is 0.0588. The monoisotopic (exact) mass is 262 g/mol. The van der Waals surface area contributed by atoms with E-state index >= 15 is 0 Å². The second-order valence-electron chi connectivity index (χ2n) is 4.65. The SMILES string of the molecule is C/C(=C\c1ccccc1)C(=O)n1cnc2ccccc21. The van der Waals surface area contributed by atoms with E-state index in [4.69, 9.17) is 0 Å². The van der Waals surface area contributed by atoms with Crippen LogP contribution in [-0.2, 0) is 0 Å². The molecule has 3 heteroatoms. The highest BCUT2D eigenvalue weighted by Gasteiger charge is 2.11. The molecule has 98 valence electrons. The van der Waals surface area contributed by atoms with Crippen LogP contribution in [0.15, 0.2) is 66.5 Å². The molecule has 0 radical (unpaired) electrons. The summed E-state index contributed by atoms with van der Waals surface area (Å²) in [4.78, 5) is 16.7. The van der Waals surface area contributed by atoms with E-state index in [2.05, 4.69) is 4.98 Å². The smallest absolute Gasteiger partial charge is 0.259 e. The molecule has 0 atom stereocenters. The predicted molar refractivity (Wildman–Crippen MR) is 80.5 cm³/mol. The highest BCUT2D eigenvalue weighted by atomic mass is 16.2. The van der Waals surface area contributed by atoms with Crippen LogP contribution in [0.2, 0.25) is 0 Å². The first kappa shape index (κ1) is 12.4. The Labute approximate surface area is 117 Å². The van der Waals surface area contributed by atoms with Crippen molar-refractivity contribution in [3.8, 4) is 0 Å². The van der Waals surface area contributed by atoms with Crippen LogP contribution in [0.1, 0.15) is 17.3 Å². The van der Waals surface area contributed by atoms with Crippen molar-refractivity contribution >= 4 is 23.0 Å². The number of benzene rings is 2. The molecule has 0 saturated carbocycles. The van der Waals surface area contributed by atoms with E-state index in [1.54, 1.807) is 10.9 Å². The van der Waals surface area contributed by atoms with Gasteiger partial charge >= 0.3 is 0 Å². The maximum Gasteiger partial charge on any atom is 0.259 e. The van der Waals surface area contributed by atoms with Gasteiger partial charge < -0.3 is 0 Å². The minimum Gasteiger partial charge on any atom is -0.269 e. The van der Waals surface area contributed by atoms with Gasteiger partial charge in [0, 0.05) is 5.57 Å². The molecule has 0 amide bonds. The van der Waals surface area contributed by atoms with Gasteiger partial charge in [-0.05, 0) is 30.7 Å². The average molecular weight is 262 g/mol. The fourth-order valence-electron chi connectivity index (χ4n) is 2.17. The summed E-state index contributed by atoms with van der Waals surface area (Å²) in [6, 6.07) is 17.4. The Morgan fingerprint density at radius 3 is 2.55 bits per heavy atom. The van der Waals surface area contributed by atoms with Crippen LogP contribution in [0.3, 0.4) is 0 Å². The van der Waals surface area contributed by atoms with Crippen LogP contribution in [0.25, 0.3) is 17.1 Å². The van der Waals surface area contributed by atoms with Gasteiger partial charge in [0.25, 0.3) is 5.91 Å². The highest BCUT2D eigenvalue weighted by molar-refractivity contribution is 6.03. The number of fused-ring (bicyclic) bond motifs is 1. The largest absolute Gasteiger partial charge is 0.269 e. The van der Waals surface area contributed by atoms with Gasteiger partial charge in [0.1, 0.15) is 6.33 Å². The summed E-state index contributed by atoms with van der Waals surface area (Å²) < 4.78 is 1.59. The average Bonchev–Trinajstić information content (AvgIpc) is 2.91. The normalized spacial score (nSPS) is 11.8. The highest BCUT2D eigenvalue weighted by Crippen LogP contribution is 2.15. The van der Waals surface area contributed by atoms with Gasteiger partial charge in [0.15, 0.2) is 0 Å². The first-order chi connectivity index (χ1) is 9.75. The van der Waals surface area contributed by atoms with E-state index in [1.807, 2.05) is 67.6 Å². The molecular weight excluding hydrogens is 248 g/mol. The Kier molecular flexibility index (Phi) is 3.17. The quantitative estimate of drug-likeness (QED) is 0.659. The Morgan fingerprint density at radius 2 is 1.75 bits per heavy atom. The molecule has 0 unspecified atom stereocenters. The number of carbonyl (C=O) groups excluding carboxylic acids is 1. The molecule has 0 aliphatic rings. The lowest BCUT2D eigenvalue weighted by Gasteiger charge is -2.03. The zero-order chi connectivity index (χ0) is 13.9. The van der Waals surface area contributed by atoms with E-state index in [0.717, 1.165) is 16.6 Å². The van der Waals surface area contributed by atoms with Gasteiger partial charge in [0.05, 0.1) is 11.0 Å². The van der Waals surface area contributed by atoms with Crippen molar-refractivity contribution in [2.75, 3.05) is 0 Å². The minimum atomic E-state index is -0.0532. The van der Waals surface area contributed by atoms with Crippen molar-refractivity contribution in [2.45, 2.75) is 6.92 Å². The first-order valence-corrected chi connectivity index (χ1v) is 6.46. The number of allylic oxidation sites excluding steroid dienone is 1. The molecule has 3 aromatic rings. The zero-order valence-electron chi connectivity index (χ0n) is 11.2. The third-order valence-corrected chi connectivity index (χ3v) is 3.19. The lowest BCUT2D eigenvalue weighted by atomic mass is 10.1. The van der Waals surface area contributed by atoms with E-state index in [9.17, 15) is 4.79 Å². The van der Waals surface area contributed by atoms with Crippen molar-refractivity contribution in [3.05, 3.63) is 72.1 Å². The Balaban J connectivity index is 1.98. The van der Waals surface area contributed by atoms with Crippen molar-refractivity contribution in [3.63, 3.8) is 0 Å². The molecule has 0 aliphatic carbocycles. The van der Waals surface area contributed by atoms with Crippen LogP contribution in [0.5, 0.6) is 0 Å². The molecule has 1 aromatic heterocycles. The summed E-state index contributed by atoms with van der Waals surface area (Å²) in [6.45, 7) is 1.82. The lowest BCUT2D eigenvalue weighted by Crippen LogP contribution is -2.10. The summed E-state index contributed by atoms with van der Waals surface area (Å²) in [5.41, 5.74) is 3.36. The molecular formula is C17H14N2O. The summed E-state index contributed by atoms with van der Waals surface area (Å²) in [6.07, 6.45) is 3.46. The Bertz CT molecular complexity index is 785. The summed E-state index contributed by atoms with van der Waals surface area (Å²) >= 11 is 0. The number of para-hydroxylation sites is 2. The number of imidazole rings is 1. The molecule has 0 saturated heterocycles. The van der Waals surface area contributed by atoms with E-state index in [0.29, 0.717) is 5.57 Å².